The molecule has 0 spiro atoms. The van der Waals surface area contributed by atoms with E-state index in [1.54, 1.807) is 6.20 Å². The zero-order valence-electron chi connectivity index (χ0n) is 7.38. The van der Waals surface area contributed by atoms with Gasteiger partial charge in [0.2, 0.25) is 0 Å². The summed E-state index contributed by atoms with van der Waals surface area (Å²) in [6.45, 7) is 5.59. The molecule has 0 aliphatic carbocycles. The molecule has 0 saturated carbocycles. The number of Topliss-reactive ketones (excluding diaryl/α,β-unsaturated/α-hetero) is 1. The first kappa shape index (κ1) is 9.32. The Morgan fingerprint density at radius 1 is 1.58 bits per heavy atom. The highest BCUT2D eigenvalue weighted by Crippen LogP contribution is 2.19. The lowest BCUT2D eigenvalue weighted by atomic mass is 9.89. The number of H-pyrrole nitrogens is 1. The van der Waals surface area contributed by atoms with Crippen LogP contribution in [-0.2, 0) is 0 Å². The topological polar surface area (TPSA) is 45.8 Å². The number of aromatic nitrogens is 2. The molecular formula is C8H12N2OS. The highest BCUT2D eigenvalue weighted by atomic mass is 32.1. The molecule has 4 heteroatoms. The Hall–Kier alpha value is -0.770. The lowest BCUT2D eigenvalue weighted by molar-refractivity contribution is 0.0853. The summed E-state index contributed by atoms with van der Waals surface area (Å²) in [5.74, 6) is 0.0269. The summed E-state index contributed by atoms with van der Waals surface area (Å²) in [5, 5.41) is 0.475. The van der Waals surface area contributed by atoms with Crippen molar-refractivity contribution in [2.75, 3.05) is 0 Å². The van der Waals surface area contributed by atoms with E-state index < -0.39 is 0 Å². The van der Waals surface area contributed by atoms with Crippen LogP contribution in [0.5, 0.6) is 0 Å². The minimum atomic E-state index is -0.380. The molecular weight excluding hydrogens is 172 g/mol. The molecule has 0 radical (unpaired) electrons. The van der Waals surface area contributed by atoms with E-state index in [9.17, 15) is 4.79 Å². The van der Waals surface area contributed by atoms with Crippen LogP contribution in [0.4, 0.5) is 0 Å². The molecule has 0 atom stereocenters. The van der Waals surface area contributed by atoms with E-state index in [1.807, 2.05) is 20.8 Å². The molecule has 0 amide bonds. The van der Waals surface area contributed by atoms with Gasteiger partial charge >= 0.3 is 0 Å². The van der Waals surface area contributed by atoms with E-state index in [0.29, 0.717) is 10.9 Å². The Morgan fingerprint density at radius 2 is 2.17 bits per heavy atom. The number of nitrogens with one attached hydrogen (secondary N) is 1. The quantitative estimate of drug-likeness (QED) is 0.517. The van der Waals surface area contributed by atoms with Gasteiger partial charge in [-0.2, -0.15) is 0 Å². The van der Waals surface area contributed by atoms with Gasteiger partial charge in [0, 0.05) is 11.6 Å². The number of ketones is 1. The first-order chi connectivity index (χ1) is 5.41. The van der Waals surface area contributed by atoms with Gasteiger partial charge in [0.1, 0.15) is 5.69 Å². The number of thiol groups is 1. The highest BCUT2D eigenvalue weighted by molar-refractivity contribution is 7.80. The first-order valence-corrected chi connectivity index (χ1v) is 4.15. The van der Waals surface area contributed by atoms with Crippen molar-refractivity contribution >= 4 is 18.4 Å². The Labute approximate surface area is 77.0 Å². The number of aromatic amines is 1. The molecule has 1 N–H and O–H groups in total. The maximum atomic E-state index is 11.6. The van der Waals surface area contributed by atoms with Gasteiger partial charge in [0.25, 0.3) is 0 Å². The summed E-state index contributed by atoms with van der Waals surface area (Å²) in [7, 11) is 0. The Bertz CT molecular complexity index is 298. The van der Waals surface area contributed by atoms with Crippen molar-refractivity contribution in [2.45, 2.75) is 25.9 Å². The minimum absolute atomic E-state index is 0.0269. The zero-order valence-corrected chi connectivity index (χ0v) is 8.27. The lowest BCUT2D eigenvalue weighted by Crippen LogP contribution is -2.20. The standard InChI is InChI=1S/C8H12N2OS/c1-8(2,3)6(11)5-4-9-7(12)10-5/h4H,1-3H3,(H2,9,10,12). The third kappa shape index (κ3) is 1.88. The monoisotopic (exact) mass is 184 g/mol. The second kappa shape index (κ2) is 2.94. The van der Waals surface area contributed by atoms with Crippen LogP contribution in [-0.4, -0.2) is 15.8 Å². The van der Waals surface area contributed by atoms with Crippen LogP contribution >= 0.6 is 12.6 Å². The summed E-state index contributed by atoms with van der Waals surface area (Å²) < 4.78 is 0. The smallest absolute Gasteiger partial charge is 0.188 e. The molecule has 66 valence electrons. The minimum Gasteiger partial charge on any atom is -0.339 e. The van der Waals surface area contributed by atoms with Crippen molar-refractivity contribution in [3.05, 3.63) is 11.9 Å². The highest BCUT2D eigenvalue weighted by Gasteiger charge is 2.24. The molecule has 0 bridgehead atoms. The maximum absolute atomic E-state index is 11.6. The largest absolute Gasteiger partial charge is 0.339 e. The Kier molecular flexibility index (Phi) is 2.28. The number of nitrogens with zero attached hydrogens (tertiary/aromatic N) is 1. The third-order valence-electron chi connectivity index (χ3n) is 1.48. The van der Waals surface area contributed by atoms with Crippen molar-refractivity contribution in [3.8, 4) is 0 Å². The van der Waals surface area contributed by atoms with E-state index >= 15 is 0 Å². The van der Waals surface area contributed by atoms with Gasteiger partial charge in [0.05, 0.1) is 0 Å². The van der Waals surface area contributed by atoms with Crippen LogP contribution in [0.15, 0.2) is 11.4 Å². The van der Waals surface area contributed by atoms with Gasteiger partial charge in [-0.15, -0.1) is 12.6 Å². The molecule has 0 unspecified atom stereocenters. The van der Waals surface area contributed by atoms with Crippen molar-refractivity contribution in [3.63, 3.8) is 0 Å². The van der Waals surface area contributed by atoms with E-state index in [-0.39, 0.29) is 11.2 Å². The second-order valence-electron chi connectivity index (χ2n) is 3.69. The molecule has 3 nitrogen and oxygen atoms in total. The number of hydrogen-bond acceptors (Lipinski definition) is 3. The van der Waals surface area contributed by atoms with Crippen LogP contribution in [0.3, 0.4) is 0 Å². The van der Waals surface area contributed by atoms with Crippen molar-refractivity contribution < 1.29 is 4.79 Å². The molecule has 1 rings (SSSR count). The van der Waals surface area contributed by atoms with E-state index in [2.05, 4.69) is 22.6 Å². The molecule has 0 fully saturated rings. The number of imidazole rings is 1. The van der Waals surface area contributed by atoms with Crippen LogP contribution < -0.4 is 0 Å². The average Bonchev–Trinajstić information content (AvgIpc) is 2.32. The van der Waals surface area contributed by atoms with Crippen molar-refractivity contribution in [2.24, 2.45) is 5.41 Å². The summed E-state index contributed by atoms with van der Waals surface area (Å²) in [6, 6.07) is 0. The summed E-state index contributed by atoms with van der Waals surface area (Å²) in [5.41, 5.74) is 0.0718. The fourth-order valence-electron chi connectivity index (χ4n) is 0.812. The lowest BCUT2D eigenvalue weighted by Gasteiger charge is -2.13. The normalized spacial score (nSPS) is 11.7. The first-order valence-electron chi connectivity index (χ1n) is 3.70. The number of carbonyl (C=O) groups is 1. The number of rotatable bonds is 1. The van der Waals surface area contributed by atoms with E-state index in [4.69, 9.17) is 0 Å². The van der Waals surface area contributed by atoms with Gasteiger partial charge < -0.3 is 4.98 Å². The van der Waals surface area contributed by atoms with E-state index in [0.717, 1.165) is 0 Å². The second-order valence-corrected chi connectivity index (χ2v) is 4.11. The molecule has 1 aromatic heterocycles. The Balaban J connectivity index is 2.93. The molecule has 0 saturated heterocycles. The summed E-state index contributed by atoms with van der Waals surface area (Å²) in [6.07, 6.45) is 1.58. The fraction of sp³-hybridized carbons (Fsp3) is 0.500. The van der Waals surface area contributed by atoms with Crippen LogP contribution in [0.2, 0.25) is 0 Å². The van der Waals surface area contributed by atoms with Gasteiger partial charge in [-0.25, -0.2) is 4.98 Å². The van der Waals surface area contributed by atoms with Gasteiger partial charge in [0.15, 0.2) is 10.9 Å². The number of hydrogen-bond donors (Lipinski definition) is 2. The fourth-order valence-corrected chi connectivity index (χ4v) is 0.984. The SMILES string of the molecule is CC(C)(C)C(=O)c1c[nH]c(S)n1. The zero-order chi connectivity index (χ0) is 9.35. The summed E-state index contributed by atoms with van der Waals surface area (Å²) in [4.78, 5) is 18.3. The molecule has 0 aliphatic rings. The van der Waals surface area contributed by atoms with Gasteiger partial charge in [-0.05, 0) is 0 Å². The Morgan fingerprint density at radius 3 is 2.50 bits per heavy atom. The summed E-state index contributed by atoms with van der Waals surface area (Å²) >= 11 is 3.98. The molecule has 12 heavy (non-hydrogen) atoms. The number of carbonyl (C=O) groups excluding carboxylic acids is 1. The molecule has 1 heterocycles. The van der Waals surface area contributed by atoms with Crippen LogP contribution in [0.1, 0.15) is 31.3 Å². The van der Waals surface area contributed by atoms with Crippen LogP contribution in [0, 0.1) is 5.41 Å². The molecule has 1 aromatic rings. The average molecular weight is 184 g/mol. The predicted molar refractivity (Wildman–Crippen MR) is 49.6 cm³/mol. The molecule has 0 aromatic carbocycles. The third-order valence-corrected chi connectivity index (χ3v) is 1.71. The predicted octanol–water partition coefficient (Wildman–Crippen LogP) is 1.93. The van der Waals surface area contributed by atoms with Gasteiger partial charge in [-0.1, -0.05) is 20.8 Å². The molecule has 0 aliphatic heterocycles. The van der Waals surface area contributed by atoms with Crippen molar-refractivity contribution in [1.82, 2.24) is 9.97 Å². The van der Waals surface area contributed by atoms with Crippen LogP contribution in [0.25, 0.3) is 0 Å². The maximum Gasteiger partial charge on any atom is 0.188 e. The van der Waals surface area contributed by atoms with Gasteiger partial charge in [-0.3, -0.25) is 4.79 Å². The van der Waals surface area contributed by atoms with E-state index in [1.165, 1.54) is 0 Å². The van der Waals surface area contributed by atoms with Crippen molar-refractivity contribution in [1.29, 1.82) is 0 Å².